The van der Waals surface area contributed by atoms with E-state index >= 15 is 0 Å². The largest absolute Gasteiger partial charge is 0.323 e. The van der Waals surface area contributed by atoms with Crippen molar-refractivity contribution in [1.82, 2.24) is 9.55 Å². The minimum Gasteiger partial charge on any atom is -0.323 e. The number of benzene rings is 1. The van der Waals surface area contributed by atoms with Gasteiger partial charge in [-0.2, -0.15) is 0 Å². The van der Waals surface area contributed by atoms with Gasteiger partial charge in [-0.15, -0.1) is 22.9 Å². The highest BCUT2D eigenvalue weighted by molar-refractivity contribution is 9.10. The summed E-state index contributed by atoms with van der Waals surface area (Å²) in [5, 5.41) is 2.07. The lowest BCUT2D eigenvalue weighted by molar-refractivity contribution is 0.621. The summed E-state index contributed by atoms with van der Waals surface area (Å²) in [6.07, 6.45) is 0.667. The van der Waals surface area contributed by atoms with E-state index in [1.54, 1.807) is 17.4 Å². The highest BCUT2D eigenvalue weighted by Gasteiger charge is 2.14. The molecule has 6 heteroatoms. The van der Waals surface area contributed by atoms with Gasteiger partial charge in [-0.3, -0.25) is 0 Å². The number of imidazole rings is 1. The molecule has 0 unspecified atom stereocenters. The molecular formula is C15H13BrClFN2S. The van der Waals surface area contributed by atoms with Gasteiger partial charge >= 0.3 is 0 Å². The van der Waals surface area contributed by atoms with Crippen LogP contribution in [0.3, 0.4) is 0 Å². The number of aromatic nitrogens is 2. The first kappa shape index (κ1) is 15.0. The van der Waals surface area contributed by atoms with Crippen LogP contribution >= 0.6 is 38.9 Å². The number of aryl methyl sites for hydroxylation is 2. The standard InChI is InChI=1S/C15H13BrClFN2S/c1-9-3-5-21-14(9)8-20-13-7-11(18)10(16)6-12(13)19-15(20)2-4-17/h3,5-7H,2,4,8H2,1H3. The molecule has 0 amide bonds. The van der Waals surface area contributed by atoms with Gasteiger partial charge in [0, 0.05) is 23.2 Å². The molecule has 0 atom stereocenters. The molecule has 2 aromatic heterocycles. The Morgan fingerprint density at radius 3 is 2.90 bits per heavy atom. The normalized spacial score (nSPS) is 11.4. The second-order valence-electron chi connectivity index (χ2n) is 4.83. The molecule has 2 heterocycles. The van der Waals surface area contributed by atoms with Gasteiger partial charge in [0.25, 0.3) is 0 Å². The summed E-state index contributed by atoms with van der Waals surface area (Å²) >= 11 is 10.8. The van der Waals surface area contributed by atoms with Crippen molar-refractivity contribution >= 4 is 49.9 Å². The van der Waals surface area contributed by atoms with Gasteiger partial charge in [-0.25, -0.2) is 9.37 Å². The van der Waals surface area contributed by atoms with Crippen molar-refractivity contribution in [3.63, 3.8) is 0 Å². The summed E-state index contributed by atoms with van der Waals surface area (Å²) in [5.41, 5.74) is 2.84. The highest BCUT2D eigenvalue weighted by Crippen LogP contribution is 2.27. The number of thiophene rings is 1. The van der Waals surface area contributed by atoms with E-state index < -0.39 is 0 Å². The van der Waals surface area contributed by atoms with Crippen molar-refractivity contribution in [3.05, 3.63) is 50.1 Å². The molecule has 3 rings (SSSR count). The monoisotopic (exact) mass is 386 g/mol. The van der Waals surface area contributed by atoms with E-state index in [0.29, 0.717) is 23.3 Å². The molecule has 0 aliphatic heterocycles. The lowest BCUT2D eigenvalue weighted by Crippen LogP contribution is -2.05. The summed E-state index contributed by atoms with van der Waals surface area (Å²) in [4.78, 5) is 5.86. The van der Waals surface area contributed by atoms with Crippen LogP contribution in [-0.4, -0.2) is 15.4 Å². The zero-order chi connectivity index (χ0) is 15.0. The second kappa shape index (κ2) is 6.07. The summed E-state index contributed by atoms with van der Waals surface area (Å²) in [6.45, 7) is 2.79. The first-order valence-electron chi connectivity index (χ1n) is 6.53. The van der Waals surface area contributed by atoms with Crippen LogP contribution in [0.25, 0.3) is 11.0 Å². The number of hydrogen-bond donors (Lipinski definition) is 0. The Hall–Kier alpha value is -0.910. The minimum absolute atomic E-state index is 0.274. The van der Waals surface area contributed by atoms with Gasteiger partial charge in [-0.1, -0.05) is 0 Å². The van der Waals surface area contributed by atoms with Gasteiger partial charge < -0.3 is 4.57 Å². The van der Waals surface area contributed by atoms with Crippen molar-refractivity contribution in [2.75, 3.05) is 5.88 Å². The molecule has 0 radical (unpaired) electrons. The number of nitrogens with zero attached hydrogens (tertiary/aromatic N) is 2. The zero-order valence-corrected chi connectivity index (χ0v) is 14.5. The Balaban J connectivity index is 2.15. The molecule has 110 valence electrons. The third-order valence-corrected chi connectivity index (χ3v) is 5.26. The number of alkyl halides is 1. The molecule has 2 nitrogen and oxygen atoms in total. The number of rotatable bonds is 4. The molecule has 0 aliphatic rings. The molecule has 3 aromatic rings. The Bertz CT molecular complexity index is 796. The average molecular weight is 388 g/mol. The van der Waals surface area contributed by atoms with E-state index in [1.165, 1.54) is 16.5 Å². The lowest BCUT2D eigenvalue weighted by Gasteiger charge is -2.08. The molecule has 0 saturated heterocycles. The molecule has 1 aromatic carbocycles. The summed E-state index contributed by atoms with van der Waals surface area (Å²) in [6, 6.07) is 5.35. The van der Waals surface area contributed by atoms with E-state index in [1.807, 2.05) is 0 Å². The van der Waals surface area contributed by atoms with Crippen molar-refractivity contribution in [2.24, 2.45) is 0 Å². The quantitative estimate of drug-likeness (QED) is 0.567. The predicted octanol–water partition coefficient (Wildman–Crippen LogP) is 5.14. The average Bonchev–Trinajstić information content (AvgIpc) is 2.98. The fourth-order valence-corrected chi connectivity index (χ4v) is 3.73. The maximum atomic E-state index is 13.9. The van der Waals surface area contributed by atoms with Crippen LogP contribution in [-0.2, 0) is 13.0 Å². The van der Waals surface area contributed by atoms with Gasteiger partial charge in [-0.05, 0) is 45.9 Å². The molecule has 0 bridgehead atoms. The summed E-state index contributed by atoms with van der Waals surface area (Å²) in [7, 11) is 0. The van der Waals surface area contributed by atoms with E-state index in [9.17, 15) is 4.39 Å². The van der Waals surface area contributed by atoms with Gasteiger partial charge in [0.2, 0.25) is 0 Å². The molecule has 0 spiro atoms. The molecule has 0 aliphatic carbocycles. The molecule has 0 fully saturated rings. The second-order valence-corrected chi connectivity index (χ2v) is 7.07. The van der Waals surface area contributed by atoms with Crippen LogP contribution in [0, 0.1) is 12.7 Å². The molecular weight excluding hydrogens is 375 g/mol. The first-order chi connectivity index (χ1) is 10.1. The van der Waals surface area contributed by atoms with Crippen molar-refractivity contribution < 1.29 is 4.39 Å². The maximum Gasteiger partial charge on any atom is 0.139 e. The maximum absolute atomic E-state index is 13.9. The van der Waals surface area contributed by atoms with Crippen LogP contribution in [0.15, 0.2) is 28.1 Å². The van der Waals surface area contributed by atoms with Crippen molar-refractivity contribution in [1.29, 1.82) is 0 Å². The number of halogens is 3. The van der Waals surface area contributed by atoms with Crippen LogP contribution < -0.4 is 0 Å². The van der Waals surface area contributed by atoms with Gasteiger partial charge in [0.1, 0.15) is 11.6 Å². The van der Waals surface area contributed by atoms with E-state index in [4.69, 9.17) is 11.6 Å². The highest BCUT2D eigenvalue weighted by atomic mass is 79.9. The van der Waals surface area contributed by atoms with Crippen molar-refractivity contribution in [3.8, 4) is 0 Å². The van der Waals surface area contributed by atoms with Gasteiger partial charge in [0.15, 0.2) is 0 Å². The lowest BCUT2D eigenvalue weighted by atomic mass is 10.2. The third-order valence-electron chi connectivity index (χ3n) is 3.46. The van der Waals surface area contributed by atoms with Crippen LogP contribution in [0.1, 0.15) is 16.3 Å². The summed E-state index contributed by atoms with van der Waals surface area (Å²) < 4.78 is 16.4. The molecule has 0 saturated carbocycles. The van der Waals surface area contributed by atoms with Crippen LogP contribution in [0.2, 0.25) is 0 Å². The van der Waals surface area contributed by atoms with Crippen LogP contribution in [0.5, 0.6) is 0 Å². The fourth-order valence-electron chi connectivity index (χ4n) is 2.33. The van der Waals surface area contributed by atoms with Gasteiger partial charge in [0.05, 0.1) is 22.1 Å². The Kier molecular flexibility index (Phi) is 4.33. The smallest absolute Gasteiger partial charge is 0.139 e. The minimum atomic E-state index is -0.274. The molecule has 0 N–H and O–H groups in total. The third kappa shape index (κ3) is 2.87. The topological polar surface area (TPSA) is 17.8 Å². The number of hydrogen-bond acceptors (Lipinski definition) is 2. The Labute approximate surface area is 139 Å². The molecule has 21 heavy (non-hydrogen) atoms. The number of fused-ring (bicyclic) bond motifs is 1. The van der Waals surface area contributed by atoms with E-state index in [-0.39, 0.29) is 5.82 Å². The SMILES string of the molecule is Cc1ccsc1Cn1c(CCCl)nc2cc(Br)c(F)cc21. The predicted molar refractivity (Wildman–Crippen MR) is 90.0 cm³/mol. The van der Waals surface area contributed by atoms with Crippen LogP contribution in [0.4, 0.5) is 4.39 Å². The van der Waals surface area contributed by atoms with E-state index in [0.717, 1.165) is 16.9 Å². The Morgan fingerprint density at radius 1 is 1.43 bits per heavy atom. The first-order valence-corrected chi connectivity index (χ1v) is 8.74. The van der Waals surface area contributed by atoms with E-state index in [2.05, 4.69) is 43.9 Å². The van der Waals surface area contributed by atoms with Crippen molar-refractivity contribution in [2.45, 2.75) is 19.9 Å². The summed E-state index contributed by atoms with van der Waals surface area (Å²) in [5.74, 6) is 1.12. The Morgan fingerprint density at radius 2 is 2.24 bits per heavy atom. The zero-order valence-electron chi connectivity index (χ0n) is 11.4. The fraction of sp³-hybridized carbons (Fsp3) is 0.267.